The maximum absolute atomic E-state index is 6.61. The predicted molar refractivity (Wildman–Crippen MR) is 176 cm³/mol. The number of anilines is 1. The maximum Gasteiger partial charge on any atom is 0.176 e. The van der Waals surface area contributed by atoms with Gasteiger partial charge in [0.15, 0.2) is 12.0 Å². The number of hydrogen-bond acceptors (Lipinski definition) is 2. The molecule has 200 valence electrons. The van der Waals surface area contributed by atoms with Crippen LogP contribution in [0.25, 0.3) is 60.2 Å². The average molecular weight is 541 g/mol. The van der Waals surface area contributed by atoms with Crippen molar-refractivity contribution in [3.8, 4) is 22.6 Å². The molecule has 2 atom stereocenters. The lowest BCUT2D eigenvalue weighted by Crippen LogP contribution is -2.29. The highest BCUT2D eigenvalue weighted by Gasteiger charge is 2.30. The van der Waals surface area contributed by atoms with Gasteiger partial charge in [-0.25, -0.2) is 0 Å². The molecule has 0 radical (unpaired) electrons. The fourth-order valence-corrected chi connectivity index (χ4v) is 6.87. The highest BCUT2D eigenvalue weighted by Crippen LogP contribution is 2.45. The van der Waals surface area contributed by atoms with Gasteiger partial charge in [-0.2, -0.15) is 0 Å². The van der Waals surface area contributed by atoms with Crippen LogP contribution in [0.2, 0.25) is 0 Å². The molecule has 0 saturated heterocycles. The van der Waals surface area contributed by atoms with E-state index < -0.39 is 0 Å². The number of rotatable bonds is 3. The van der Waals surface area contributed by atoms with Gasteiger partial charge < -0.3 is 14.6 Å². The highest BCUT2D eigenvalue weighted by molar-refractivity contribution is 6.14. The van der Waals surface area contributed by atoms with Crippen LogP contribution in [-0.4, -0.2) is 10.8 Å². The van der Waals surface area contributed by atoms with E-state index in [9.17, 15) is 0 Å². The van der Waals surface area contributed by atoms with Crippen LogP contribution in [0.4, 0.5) is 5.69 Å². The molecule has 2 unspecified atom stereocenters. The van der Waals surface area contributed by atoms with E-state index in [0.29, 0.717) is 5.92 Å². The monoisotopic (exact) mass is 540 g/mol. The summed E-state index contributed by atoms with van der Waals surface area (Å²) in [7, 11) is 0. The summed E-state index contributed by atoms with van der Waals surface area (Å²) in [5, 5.41) is 11.0. The van der Waals surface area contributed by atoms with E-state index in [1.165, 1.54) is 60.2 Å². The minimum Gasteiger partial charge on any atom is -0.467 e. The molecule has 42 heavy (non-hydrogen) atoms. The number of fused-ring (bicyclic) bond motifs is 8. The van der Waals surface area contributed by atoms with E-state index in [1.807, 2.05) is 0 Å². The van der Waals surface area contributed by atoms with Crippen LogP contribution in [-0.2, 0) is 0 Å². The number of nitrogens with one attached hydrogen (secondary N) is 1. The third-order valence-electron chi connectivity index (χ3n) is 8.92. The van der Waals surface area contributed by atoms with Crippen LogP contribution < -0.4 is 10.1 Å². The Bertz CT molecular complexity index is 2240. The first-order valence-electron chi connectivity index (χ1n) is 14.7. The van der Waals surface area contributed by atoms with Crippen LogP contribution in [0.5, 0.6) is 5.75 Å². The summed E-state index contributed by atoms with van der Waals surface area (Å²) in [6.45, 7) is 0. The van der Waals surface area contributed by atoms with Crippen LogP contribution in [0.1, 0.15) is 6.42 Å². The molecule has 6 aromatic carbocycles. The van der Waals surface area contributed by atoms with Crippen molar-refractivity contribution in [2.45, 2.75) is 12.6 Å². The van der Waals surface area contributed by atoms with Gasteiger partial charge in [-0.15, -0.1) is 0 Å². The van der Waals surface area contributed by atoms with Crippen molar-refractivity contribution in [3.05, 3.63) is 140 Å². The molecule has 1 aliphatic carbocycles. The van der Waals surface area contributed by atoms with Crippen LogP contribution in [0.3, 0.4) is 0 Å². The van der Waals surface area contributed by atoms with Crippen molar-refractivity contribution >= 4 is 49.0 Å². The van der Waals surface area contributed by atoms with Crippen molar-refractivity contribution in [1.29, 1.82) is 0 Å². The second-order valence-corrected chi connectivity index (χ2v) is 11.4. The first-order valence-corrected chi connectivity index (χ1v) is 14.7. The van der Waals surface area contributed by atoms with Crippen molar-refractivity contribution in [1.82, 2.24) is 4.57 Å². The first-order chi connectivity index (χ1) is 20.8. The van der Waals surface area contributed by atoms with Gasteiger partial charge in [-0.05, 0) is 76.2 Å². The lowest BCUT2D eigenvalue weighted by molar-refractivity contribution is 0.206. The summed E-state index contributed by atoms with van der Waals surface area (Å²) in [4.78, 5) is 0. The summed E-state index contributed by atoms with van der Waals surface area (Å²) >= 11 is 0. The Labute approximate surface area is 244 Å². The standard InChI is InChI=1S/C39H28N2O/c1-3-9-26(10-4-1)39-40-34-21-18-25-15-16-29-23-27(17-20-31(29)37(25)38(34)42-39)28-19-22-36-33(24-28)32-13-7-8-14-35(32)41(36)30-11-5-2-6-12-30/h1-9,11-24,26,39-40H,10H2. The van der Waals surface area contributed by atoms with E-state index in [1.54, 1.807) is 0 Å². The van der Waals surface area contributed by atoms with Gasteiger partial charge in [0.1, 0.15) is 0 Å². The van der Waals surface area contributed by atoms with Crippen LogP contribution in [0.15, 0.2) is 140 Å². The number of aromatic nitrogens is 1. The van der Waals surface area contributed by atoms with Crippen molar-refractivity contribution in [2.75, 3.05) is 5.32 Å². The third-order valence-corrected chi connectivity index (χ3v) is 8.92. The smallest absolute Gasteiger partial charge is 0.176 e. The summed E-state index contributed by atoms with van der Waals surface area (Å²) in [5.41, 5.74) is 7.12. The molecular weight excluding hydrogens is 512 g/mol. The van der Waals surface area contributed by atoms with E-state index in [-0.39, 0.29) is 6.23 Å². The molecule has 1 aromatic heterocycles. The van der Waals surface area contributed by atoms with Gasteiger partial charge in [0, 0.05) is 27.8 Å². The molecule has 3 heteroatoms. The molecule has 3 nitrogen and oxygen atoms in total. The van der Waals surface area contributed by atoms with Crippen molar-refractivity contribution in [2.24, 2.45) is 5.92 Å². The molecule has 0 fully saturated rings. The second kappa shape index (κ2) is 9.12. The zero-order valence-electron chi connectivity index (χ0n) is 23.0. The lowest BCUT2D eigenvalue weighted by atomic mass is 9.96. The lowest BCUT2D eigenvalue weighted by Gasteiger charge is -2.20. The summed E-state index contributed by atoms with van der Waals surface area (Å²) < 4.78 is 8.98. The largest absolute Gasteiger partial charge is 0.467 e. The van der Waals surface area contributed by atoms with E-state index in [2.05, 4.69) is 149 Å². The fraction of sp³-hybridized carbons (Fsp3) is 0.0769. The number of nitrogens with zero attached hydrogens (tertiary/aromatic N) is 1. The molecule has 9 rings (SSSR count). The van der Waals surface area contributed by atoms with Crippen LogP contribution >= 0.6 is 0 Å². The van der Waals surface area contributed by atoms with Crippen LogP contribution in [0, 0.1) is 5.92 Å². The Balaban J connectivity index is 1.16. The van der Waals surface area contributed by atoms with Crippen molar-refractivity contribution < 1.29 is 4.74 Å². The molecule has 1 aliphatic heterocycles. The van der Waals surface area contributed by atoms with E-state index in [4.69, 9.17) is 4.74 Å². The highest BCUT2D eigenvalue weighted by atomic mass is 16.5. The average Bonchev–Trinajstić information content (AvgIpc) is 3.64. The van der Waals surface area contributed by atoms with Gasteiger partial charge in [0.2, 0.25) is 0 Å². The Morgan fingerprint density at radius 1 is 0.643 bits per heavy atom. The van der Waals surface area contributed by atoms with E-state index in [0.717, 1.165) is 17.9 Å². The molecule has 0 bridgehead atoms. The molecule has 2 heterocycles. The minimum atomic E-state index is -0.0499. The Morgan fingerprint density at radius 3 is 2.33 bits per heavy atom. The number of para-hydroxylation sites is 2. The first kappa shape index (κ1) is 23.4. The molecule has 0 saturated carbocycles. The molecule has 2 aliphatic rings. The summed E-state index contributed by atoms with van der Waals surface area (Å²) in [6.07, 6.45) is 9.62. The third kappa shape index (κ3) is 3.53. The van der Waals surface area contributed by atoms with Crippen molar-refractivity contribution in [3.63, 3.8) is 0 Å². The van der Waals surface area contributed by atoms with E-state index >= 15 is 0 Å². The molecule has 0 amide bonds. The number of ether oxygens (including phenoxy) is 1. The van der Waals surface area contributed by atoms with Gasteiger partial charge in [0.05, 0.1) is 16.7 Å². The van der Waals surface area contributed by atoms with Gasteiger partial charge in [-0.3, -0.25) is 0 Å². The summed E-state index contributed by atoms with van der Waals surface area (Å²) in [6, 6.07) is 41.8. The fourth-order valence-electron chi connectivity index (χ4n) is 6.87. The van der Waals surface area contributed by atoms with Gasteiger partial charge in [-0.1, -0.05) is 97.1 Å². The molecular formula is C39H28N2O. The zero-order chi connectivity index (χ0) is 27.6. The molecule has 0 spiro atoms. The Hall–Kier alpha value is -5.28. The molecule has 7 aromatic rings. The summed E-state index contributed by atoms with van der Waals surface area (Å²) in [5.74, 6) is 1.29. The number of benzene rings is 6. The van der Waals surface area contributed by atoms with Gasteiger partial charge in [0.25, 0.3) is 0 Å². The number of allylic oxidation sites excluding steroid dienone is 3. The molecule has 1 N–H and O–H groups in total. The quantitative estimate of drug-likeness (QED) is 0.226. The minimum absolute atomic E-state index is 0.0499. The van der Waals surface area contributed by atoms with Gasteiger partial charge >= 0.3 is 0 Å². The Kier molecular flexibility index (Phi) is 5.09. The second-order valence-electron chi connectivity index (χ2n) is 11.4. The normalized spacial score (nSPS) is 17.6. The topological polar surface area (TPSA) is 26.2 Å². The zero-order valence-corrected chi connectivity index (χ0v) is 23.0. The number of hydrogen-bond donors (Lipinski definition) is 1. The Morgan fingerprint density at radius 2 is 1.43 bits per heavy atom. The SMILES string of the molecule is C1=CCC(C2Nc3ccc4ccc5cc(-c6ccc7c(c6)c6ccccc6n7-c6ccccc6)ccc5c4c3O2)C=C1. The maximum atomic E-state index is 6.61. The predicted octanol–water partition coefficient (Wildman–Crippen LogP) is 10.0.